The molecule has 23 heavy (non-hydrogen) atoms. The van der Waals surface area contributed by atoms with E-state index in [0.29, 0.717) is 23.7 Å². The van der Waals surface area contributed by atoms with Gasteiger partial charge in [0.2, 0.25) is 11.8 Å². The summed E-state index contributed by atoms with van der Waals surface area (Å²) in [6.45, 7) is 3.30. The molecule has 2 rings (SSSR count). The summed E-state index contributed by atoms with van der Waals surface area (Å²) in [5, 5.41) is 2.85. The van der Waals surface area contributed by atoms with Crippen molar-refractivity contribution in [3.05, 3.63) is 18.2 Å². The summed E-state index contributed by atoms with van der Waals surface area (Å²) < 4.78 is 10.4. The fourth-order valence-corrected chi connectivity index (χ4v) is 2.65. The molecule has 0 aliphatic carbocycles. The molecule has 1 saturated heterocycles. The van der Waals surface area contributed by atoms with E-state index in [1.807, 2.05) is 0 Å². The maximum Gasteiger partial charge on any atom is 0.229 e. The Kier molecular flexibility index (Phi) is 5.84. The van der Waals surface area contributed by atoms with Gasteiger partial charge < -0.3 is 19.7 Å². The molecule has 1 N–H and O–H groups in total. The van der Waals surface area contributed by atoms with Gasteiger partial charge in [-0.1, -0.05) is 13.3 Å². The smallest absolute Gasteiger partial charge is 0.229 e. The molecule has 0 unspecified atom stereocenters. The number of hydrogen-bond acceptors (Lipinski definition) is 4. The van der Waals surface area contributed by atoms with Gasteiger partial charge in [-0.15, -0.1) is 0 Å². The average molecular weight is 320 g/mol. The van der Waals surface area contributed by atoms with Crippen molar-refractivity contribution >= 4 is 17.5 Å². The third-order valence-corrected chi connectivity index (χ3v) is 4.03. The lowest BCUT2D eigenvalue weighted by molar-refractivity contribution is -0.128. The Morgan fingerprint density at radius 2 is 2.13 bits per heavy atom. The van der Waals surface area contributed by atoms with Crippen molar-refractivity contribution in [1.82, 2.24) is 4.90 Å². The number of carbonyl (C=O) groups is 2. The molecule has 2 amide bonds. The van der Waals surface area contributed by atoms with Crippen molar-refractivity contribution in [2.75, 3.05) is 32.6 Å². The second kappa shape index (κ2) is 7.85. The van der Waals surface area contributed by atoms with E-state index in [1.165, 1.54) is 7.11 Å². The first-order chi connectivity index (χ1) is 11.1. The lowest BCUT2D eigenvalue weighted by Gasteiger charge is -2.16. The molecule has 1 aliphatic rings. The zero-order chi connectivity index (χ0) is 16.8. The van der Waals surface area contributed by atoms with Crippen molar-refractivity contribution in [3.63, 3.8) is 0 Å². The second-order valence-corrected chi connectivity index (χ2v) is 5.65. The first-order valence-corrected chi connectivity index (χ1v) is 7.89. The van der Waals surface area contributed by atoms with E-state index in [0.717, 1.165) is 19.4 Å². The molecule has 1 atom stereocenters. The van der Waals surface area contributed by atoms with E-state index in [4.69, 9.17) is 9.47 Å². The first kappa shape index (κ1) is 17.1. The minimum absolute atomic E-state index is 0.0558. The molecule has 0 bridgehead atoms. The SMILES string of the molecule is CCCCN1C[C@H](C(=O)Nc2ccc(OC)cc2OC)CC1=O. The van der Waals surface area contributed by atoms with Gasteiger partial charge in [0, 0.05) is 25.6 Å². The highest BCUT2D eigenvalue weighted by atomic mass is 16.5. The molecule has 0 saturated carbocycles. The van der Waals surface area contributed by atoms with Crippen LogP contribution in [-0.4, -0.2) is 44.0 Å². The van der Waals surface area contributed by atoms with Crippen molar-refractivity contribution in [1.29, 1.82) is 0 Å². The van der Waals surface area contributed by atoms with Crippen molar-refractivity contribution in [2.45, 2.75) is 26.2 Å². The number of ether oxygens (including phenoxy) is 2. The van der Waals surface area contributed by atoms with Gasteiger partial charge in [-0.05, 0) is 18.6 Å². The molecule has 0 spiro atoms. The summed E-state index contributed by atoms with van der Waals surface area (Å²) in [6, 6.07) is 5.20. The van der Waals surface area contributed by atoms with Gasteiger partial charge in [0.05, 0.1) is 25.8 Å². The number of likely N-dealkylation sites (tertiary alicyclic amines) is 1. The second-order valence-electron chi connectivity index (χ2n) is 5.65. The van der Waals surface area contributed by atoms with Crippen LogP contribution in [0.5, 0.6) is 11.5 Å². The quantitative estimate of drug-likeness (QED) is 0.837. The van der Waals surface area contributed by atoms with E-state index in [9.17, 15) is 9.59 Å². The largest absolute Gasteiger partial charge is 0.497 e. The number of hydrogen-bond donors (Lipinski definition) is 1. The number of benzene rings is 1. The van der Waals surface area contributed by atoms with Crippen LogP contribution in [0.4, 0.5) is 5.69 Å². The number of rotatable bonds is 7. The topological polar surface area (TPSA) is 67.9 Å². The van der Waals surface area contributed by atoms with E-state index >= 15 is 0 Å². The van der Waals surface area contributed by atoms with Crippen LogP contribution in [0.2, 0.25) is 0 Å². The van der Waals surface area contributed by atoms with Crippen LogP contribution in [-0.2, 0) is 9.59 Å². The van der Waals surface area contributed by atoms with Gasteiger partial charge in [-0.3, -0.25) is 9.59 Å². The Labute approximate surface area is 136 Å². The normalized spacial score (nSPS) is 17.3. The van der Waals surface area contributed by atoms with Gasteiger partial charge in [0.1, 0.15) is 11.5 Å². The lowest BCUT2D eigenvalue weighted by Crippen LogP contribution is -2.29. The zero-order valence-electron chi connectivity index (χ0n) is 13.9. The van der Waals surface area contributed by atoms with Crippen LogP contribution in [0.25, 0.3) is 0 Å². The third kappa shape index (κ3) is 4.15. The van der Waals surface area contributed by atoms with Gasteiger partial charge in [-0.25, -0.2) is 0 Å². The molecule has 1 aliphatic heterocycles. The summed E-state index contributed by atoms with van der Waals surface area (Å²) >= 11 is 0. The van der Waals surface area contributed by atoms with Crippen LogP contribution in [0, 0.1) is 5.92 Å². The highest BCUT2D eigenvalue weighted by molar-refractivity contribution is 5.98. The van der Waals surface area contributed by atoms with Gasteiger partial charge in [0.25, 0.3) is 0 Å². The summed E-state index contributed by atoms with van der Waals surface area (Å²) in [7, 11) is 3.11. The third-order valence-electron chi connectivity index (χ3n) is 4.03. The molecule has 126 valence electrons. The molecule has 1 aromatic carbocycles. The molecular formula is C17H24N2O4. The van der Waals surface area contributed by atoms with Gasteiger partial charge >= 0.3 is 0 Å². The predicted octanol–water partition coefficient (Wildman–Crippen LogP) is 2.29. The Hall–Kier alpha value is -2.24. The fraction of sp³-hybridized carbons (Fsp3) is 0.529. The highest BCUT2D eigenvalue weighted by Crippen LogP contribution is 2.30. The number of nitrogens with one attached hydrogen (secondary N) is 1. The summed E-state index contributed by atoms with van der Waals surface area (Å²) in [5.74, 6) is 0.777. The monoisotopic (exact) mass is 320 g/mol. The highest BCUT2D eigenvalue weighted by Gasteiger charge is 2.34. The average Bonchev–Trinajstić information content (AvgIpc) is 2.94. The molecule has 0 aromatic heterocycles. The number of methoxy groups -OCH3 is 2. The summed E-state index contributed by atoms with van der Waals surface area (Å²) in [4.78, 5) is 26.2. The standard InChI is InChI=1S/C17H24N2O4/c1-4-5-8-19-11-12(9-16(19)20)17(21)18-14-7-6-13(22-2)10-15(14)23-3/h6-7,10,12H,4-5,8-9,11H2,1-3H3,(H,18,21)/t12-/m1/s1. The van der Waals surface area contributed by atoms with Crippen LogP contribution in [0.3, 0.4) is 0 Å². The van der Waals surface area contributed by atoms with Crippen molar-refractivity contribution in [2.24, 2.45) is 5.92 Å². The van der Waals surface area contributed by atoms with Crippen LogP contribution in [0.1, 0.15) is 26.2 Å². The maximum absolute atomic E-state index is 12.4. The van der Waals surface area contributed by atoms with Crippen LogP contribution in [0.15, 0.2) is 18.2 Å². The van der Waals surface area contributed by atoms with Gasteiger partial charge in [-0.2, -0.15) is 0 Å². The number of amides is 2. The minimum atomic E-state index is -0.314. The molecule has 1 aromatic rings. The first-order valence-electron chi connectivity index (χ1n) is 7.89. The van der Waals surface area contributed by atoms with E-state index in [1.54, 1.807) is 30.2 Å². The van der Waals surface area contributed by atoms with Crippen molar-refractivity contribution < 1.29 is 19.1 Å². The predicted molar refractivity (Wildman–Crippen MR) is 87.8 cm³/mol. The molecule has 0 radical (unpaired) electrons. The molecule has 6 nitrogen and oxygen atoms in total. The number of carbonyl (C=O) groups excluding carboxylic acids is 2. The maximum atomic E-state index is 12.4. The number of nitrogens with zero attached hydrogens (tertiary/aromatic N) is 1. The Morgan fingerprint density at radius 3 is 2.78 bits per heavy atom. The molecule has 1 fully saturated rings. The molecule has 1 heterocycles. The summed E-state index contributed by atoms with van der Waals surface area (Å²) in [6.07, 6.45) is 2.27. The fourth-order valence-electron chi connectivity index (χ4n) is 2.65. The summed E-state index contributed by atoms with van der Waals surface area (Å²) in [5.41, 5.74) is 0.581. The van der Waals surface area contributed by atoms with E-state index in [2.05, 4.69) is 12.2 Å². The van der Waals surface area contributed by atoms with E-state index in [-0.39, 0.29) is 24.2 Å². The molecular weight excluding hydrogens is 296 g/mol. The minimum Gasteiger partial charge on any atom is -0.497 e. The Morgan fingerprint density at radius 1 is 1.35 bits per heavy atom. The van der Waals surface area contributed by atoms with E-state index < -0.39 is 0 Å². The Bertz CT molecular complexity index is 574. The zero-order valence-corrected chi connectivity index (χ0v) is 13.9. The number of anilines is 1. The molecule has 6 heteroatoms. The number of unbranched alkanes of at least 4 members (excludes halogenated alkanes) is 1. The van der Waals surface area contributed by atoms with Gasteiger partial charge in [0.15, 0.2) is 0 Å². The Balaban J connectivity index is 2.01. The van der Waals surface area contributed by atoms with Crippen molar-refractivity contribution in [3.8, 4) is 11.5 Å². The van der Waals surface area contributed by atoms with Crippen LogP contribution >= 0.6 is 0 Å². The lowest BCUT2D eigenvalue weighted by atomic mass is 10.1. The van der Waals surface area contributed by atoms with Crippen LogP contribution < -0.4 is 14.8 Å².